The molecule has 2 amide bonds. The molecule has 0 unspecified atom stereocenters. The third kappa shape index (κ3) is 6.44. The maximum Gasteiger partial charge on any atom is 0.251 e. The zero-order chi connectivity index (χ0) is 19.9. The van der Waals surface area contributed by atoms with Gasteiger partial charge in [-0.25, -0.2) is 0 Å². The number of carbonyl (C=O) groups is 2. The van der Waals surface area contributed by atoms with E-state index in [1.54, 1.807) is 7.11 Å². The molecule has 2 rings (SSSR count). The summed E-state index contributed by atoms with van der Waals surface area (Å²) < 4.78 is 5.10. The summed E-state index contributed by atoms with van der Waals surface area (Å²) in [6.07, 6.45) is 0.238. The molecule has 5 heteroatoms. The summed E-state index contributed by atoms with van der Waals surface area (Å²) in [5.41, 5.74) is 2.82. The molecule has 0 aromatic heterocycles. The molecule has 0 fully saturated rings. The highest BCUT2D eigenvalue weighted by molar-refractivity contribution is 5.94. The van der Waals surface area contributed by atoms with Gasteiger partial charge in [0, 0.05) is 25.1 Å². The fraction of sp³-hybridized carbons (Fsp3) is 0.364. The molecule has 2 aromatic carbocycles. The van der Waals surface area contributed by atoms with Gasteiger partial charge in [-0.1, -0.05) is 45.0 Å². The van der Waals surface area contributed by atoms with Gasteiger partial charge in [-0.2, -0.15) is 0 Å². The summed E-state index contributed by atoms with van der Waals surface area (Å²) in [5.74, 6) is 0.510. The summed E-state index contributed by atoms with van der Waals surface area (Å²) in [6, 6.07) is 15.1. The molecule has 0 aliphatic rings. The summed E-state index contributed by atoms with van der Waals surface area (Å²) >= 11 is 0. The fourth-order valence-electron chi connectivity index (χ4n) is 2.55. The summed E-state index contributed by atoms with van der Waals surface area (Å²) in [4.78, 5) is 24.1. The molecule has 2 N–H and O–H groups in total. The smallest absolute Gasteiger partial charge is 0.251 e. The second-order valence-electron chi connectivity index (χ2n) is 7.46. The molecule has 0 atom stereocenters. The van der Waals surface area contributed by atoms with Crippen LogP contribution >= 0.6 is 0 Å². The third-order valence-electron chi connectivity index (χ3n) is 4.30. The number of nitrogens with one attached hydrogen (secondary N) is 2. The summed E-state index contributed by atoms with van der Waals surface area (Å²) in [5, 5.41) is 5.63. The van der Waals surface area contributed by atoms with Crippen LogP contribution in [0.25, 0.3) is 0 Å². The first-order valence-electron chi connectivity index (χ1n) is 9.08. The largest absolute Gasteiger partial charge is 0.497 e. The van der Waals surface area contributed by atoms with Gasteiger partial charge in [-0.05, 0) is 40.8 Å². The number of carbonyl (C=O) groups excluding carboxylic acids is 2. The normalized spacial score (nSPS) is 11.0. The predicted octanol–water partition coefficient (Wildman–Crippen LogP) is 3.43. The molecule has 2 aromatic rings. The van der Waals surface area contributed by atoms with Crippen molar-refractivity contribution in [2.45, 2.75) is 39.2 Å². The van der Waals surface area contributed by atoms with Crippen molar-refractivity contribution in [2.75, 3.05) is 13.7 Å². The minimum atomic E-state index is -0.168. The molecule has 0 radical (unpaired) electrons. The highest BCUT2D eigenvalue weighted by Crippen LogP contribution is 2.22. The molecule has 0 saturated carbocycles. The van der Waals surface area contributed by atoms with Gasteiger partial charge in [0.2, 0.25) is 5.91 Å². The Bertz CT molecular complexity index is 760. The molecule has 5 nitrogen and oxygen atoms in total. The van der Waals surface area contributed by atoms with Crippen LogP contribution < -0.4 is 15.4 Å². The topological polar surface area (TPSA) is 67.4 Å². The lowest BCUT2D eigenvalue weighted by Gasteiger charge is -2.19. The van der Waals surface area contributed by atoms with Crippen molar-refractivity contribution in [2.24, 2.45) is 0 Å². The maximum atomic E-state index is 12.2. The van der Waals surface area contributed by atoms with Gasteiger partial charge in [0.1, 0.15) is 5.75 Å². The van der Waals surface area contributed by atoms with Crippen molar-refractivity contribution >= 4 is 11.8 Å². The lowest BCUT2D eigenvalue weighted by Crippen LogP contribution is -2.30. The number of amides is 2. The van der Waals surface area contributed by atoms with Crippen molar-refractivity contribution < 1.29 is 14.3 Å². The van der Waals surface area contributed by atoms with Gasteiger partial charge in [0.05, 0.1) is 7.11 Å². The van der Waals surface area contributed by atoms with Gasteiger partial charge in [-0.15, -0.1) is 0 Å². The average Bonchev–Trinajstić information content (AvgIpc) is 2.66. The van der Waals surface area contributed by atoms with Crippen LogP contribution in [0, 0.1) is 0 Å². The molecule has 0 aliphatic carbocycles. The third-order valence-corrected chi connectivity index (χ3v) is 4.30. The highest BCUT2D eigenvalue weighted by Gasteiger charge is 2.14. The fourth-order valence-corrected chi connectivity index (χ4v) is 2.55. The van der Waals surface area contributed by atoms with Crippen molar-refractivity contribution in [3.63, 3.8) is 0 Å². The van der Waals surface area contributed by atoms with E-state index in [1.165, 1.54) is 5.56 Å². The molecule has 144 valence electrons. The second-order valence-corrected chi connectivity index (χ2v) is 7.46. The lowest BCUT2D eigenvalue weighted by atomic mass is 9.87. The van der Waals surface area contributed by atoms with Gasteiger partial charge in [-0.3, -0.25) is 9.59 Å². The Kier molecular flexibility index (Phi) is 6.99. The van der Waals surface area contributed by atoms with E-state index < -0.39 is 0 Å². The standard InChI is InChI=1S/C22H28N2O3/c1-22(2,3)18-9-7-17(8-10-18)21(26)23-14-13-20(25)24-15-16-5-11-19(27-4)12-6-16/h5-12H,13-15H2,1-4H3,(H,23,26)(H,24,25). The van der Waals surface area contributed by atoms with E-state index in [1.807, 2.05) is 48.5 Å². The second kappa shape index (κ2) is 9.21. The predicted molar refractivity (Wildman–Crippen MR) is 107 cm³/mol. The highest BCUT2D eigenvalue weighted by atomic mass is 16.5. The number of hydrogen-bond donors (Lipinski definition) is 2. The van der Waals surface area contributed by atoms with Crippen LogP contribution in [-0.4, -0.2) is 25.5 Å². The number of methoxy groups -OCH3 is 1. The molecule has 0 heterocycles. The van der Waals surface area contributed by atoms with E-state index in [-0.39, 0.29) is 23.7 Å². The number of hydrogen-bond acceptors (Lipinski definition) is 3. The van der Waals surface area contributed by atoms with E-state index in [9.17, 15) is 9.59 Å². The van der Waals surface area contributed by atoms with Gasteiger partial charge < -0.3 is 15.4 Å². The molecule has 0 spiro atoms. The Hall–Kier alpha value is -2.82. The number of benzene rings is 2. The van der Waals surface area contributed by atoms with Crippen LogP contribution in [0.1, 0.15) is 48.7 Å². The van der Waals surface area contributed by atoms with Crippen molar-refractivity contribution in [1.82, 2.24) is 10.6 Å². The first kappa shape index (κ1) is 20.5. The zero-order valence-electron chi connectivity index (χ0n) is 16.5. The van der Waals surface area contributed by atoms with E-state index in [4.69, 9.17) is 4.74 Å². The molecular weight excluding hydrogens is 340 g/mol. The first-order chi connectivity index (χ1) is 12.8. The maximum absolute atomic E-state index is 12.2. The van der Waals surface area contributed by atoms with Crippen molar-refractivity contribution in [3.05, 3.63) is 65.2 Å². The molecule has 0 aliphatic heterocycles. The SMILES string of the molecule is COc1ccc(CNC(=O)CCNC(=O)c2ccc(C(C)(C)C)cc2)cc1. The number of rotatable bonds is 7. The number of ether oxygens (including phenoxy) is 1. The quantitative estimate of drug-likeness (QED) is 0.787. The summed E-state index contributed by atoms with van der Waals surface area (Å²) in [7, 11) is 1.62. The first-order valence-corrected chi connectivity index (χ1v) is 9.08. The average molecular weight is 368 g/mol. The van der Waals surface area contributed by atoms with Crippen LogP contribution in [0.2, 0.25) is 0 Å². The lowest BCUT2D eigenvalue weighted by molar-refractivity contribution is -0.121. The minimum absolute atomic E-state index is 0.0526. The van der Waals surface area contributed by atoms with Crippen LogP contribution in [0.15, 0.2) is 48.5 Å². The Morgan fingerprint density at radius 1 is 0.926 bits per heavy atom. The van der Waals surface area contributed by atoms with Gasteiger partial charge in [0.25, 0.3) is 5.91 Å². The Morgan fingerprint density at radius 2 is 1.56 bits per heavy atom. The Labute approximate surface area is 161 Å². The van der Waals surface area contributed by atoms with E-state index >= 15 is 0 Å². The Morgan fingerprint density at radius 3 is 2.11 bits per heavy atom. The van der Waals surface area contributed by atoms with Gasteiger partial charge in [0.15, 0.2) is 0 Å². The van der Waals surface area contributed by atoms with Crippen molar-refractivity contribution in [3.8, 4) is 5.75 Å². The minimum Gasteiger partial charge on any atom is -0.497 e. The summed E-state index contributed by atoms with van der Waals surface area (Å²) in [6.45, 7) is 7.14. The van der Waals surface area contributed by atoms with Crippen LogP contribution in [0.3, 0.4) is 0 Å². The molecular formula is C22H28N2O3. The van der Waals surface area contributed by atoms with E-state index in [2.05, 4.69) is 31.4 Å². The Balaban J connectivity index is 1.73. The van der Waals surface area contributed by atoms with Crippen LogP contribution in [0.4, 0.5) is 0 Å². The van der Waals surface area contributed by atoms with Crippen molar-refractivity contribution in [1.29, 1.82) is 0 Å². The van der Waals surface area contributed by atoms with Crippen LogP contribution in [-0.2, 0) is 16.8 Å². The van der Waals surface area contributed by atoms with E-state index in [0.717, 1.165) is 11.3 Å². The van der Waals surface area contributed by atoms with Crippen LogP contribution in [0.5, 0.6) is 5.75 Å². The van der Waals surface area contributed by atoms with Gasteiger partial charge >= 0.3 is 0 Å². The van der Waals surface area contributed by atoms with E-state index in [0.29, 0.717) is 18.7 Å². The molecule has 0 bridgehead atoms. The molecule has 0 saturated heterocycles. The molecule has 27 heavy (non-hydrogen) atoms. The monoisotopic (exact) mass is 368 g/mol. The zero-order valence-corrected chi connectivity index (χ0v) is 16.5.